The lowest BCUT2D eigenvalue weighted by Crippen LogP contribution is -2.48. The lowest BCUT2D eigenvalue weighted by Gasteiger charge is -2.27. The molecular formula is C18H28FN3O5. The molecule has 0 spiro atoms. The summed E-state index contributed by atoms with van der Waals surface area (Å²) < 4.78 is 19.0. The van der Waals surface area contributed by atoms with Crippen LogP contribution in [0.1, 0.15) is 52.4 Å². The molecule has 2 bridgehead atoms. The van der Waals surface area contributed by atoms with E-state index >= 15 is 0 Å². The molecule has 0 aromatic rings. The Hall–Kier alpha value is -2.16. The van der Waals surface area contributed by atoms with Crippen molar-refractivity contribution in [2.75, 3.05) is 13.2 Å². The van der Waals surface area contributed by atoms with Crippen LogP contribution in [0.4, 0.5) is 9.18 Å². The Balaban J connectivity index is 1.79. The molecule has 0 radical (unpaired) electrons. The maximum atomic E-state index is 14.1. The van der Waals surface area contributed by atoms with Gasteiger partial charge in [-0.2, -0.15) is 5.06 Å². The number of amides is 3. The second kappa shape index (κ2) is 9.68. The summed E-state index contributed by atoms with van der Waals surface area (Å²) in [5.74, 6) is -1.84. The molecule has 0 saturated carbocycles. The summed E-state index contributed by atoms with van der Waals surface area (Å²) in [5, 5.41) is 0.767. The average Bonchev–Trinajstić information content (AvgIpc) is 2.85. The highest BCUT2D eigenvalue weighted by Gasteiger charge is 2.48. The summed E-state index contributed by atoms with van der Waals surface area (Å²) in [7, 11) is 0. The smallest absolute Gasteiger partial charge is 0.371 e. The molecule has 1 saturated heterocycles. The number of rotatable bonds is 11. The van der Waals surface area contributed by atoms with Gasteiger partial charge >= 0.3 is 18.4 Å². The number of nitrogens with two attached hydrogens (primary N) is 1. The zero-order chi connectivity index (χ0) is 20.0. The number of alkyl halides is 1. The molecule has 2 heterocycles. The second-order valence-corrected chi connectivity index (χ2v) is 6.90. The first-order valence-electron chi connectivity index (χ1n) is 9.41. The van der Waals surface area contributed by atoms with Crippen molar-refractivity contribution < 1.29 is 28.3 Å². The maximum Gasteiger partial charge on any atom is 0.371 e. The fourth-order valence-corrected chi connectivity index (χ4v) is 3.36. The summed E-state index contributed by atoms with van der Waals surface area (Å²) in [5.41, 5.74) is 5.91. The number of carbonyl (C=O) groups excluding carboxylic acids is 3. The zero-order valence-corrected chi connectivity index (χ0v) is 15.9. The fraction of sp³-hybridized carbons (Fsp3) is 0.722. The predicted octanol–water partition coefficient (Wildman–Crippen LogP) is 2.04. The Morgan fingerprint density at radius 1 is 1.30 bits per heavy atom. The van der Waals surface area contributed by atoms with E-state index in [9.17, 15) is 18.8 Å². The Bertz CT molecular complexity index is 598. The highest BCUT2D eigenvalue weighted by atomic mass is 19.1. The number of fused-ring (bicyclic) bond motifs is 2. The number of ether oxygens (including phenoxy) is 1. The lowest BCUT2D eigenvalue weighted by molar-refractivity contribution is -0.223. The van der Waals surface area contributed by atoms with E-state index in [1.165, 1.54) is 11.3 Å². The van der Waals surface area contributed by atoms with E-state index in [-0.39, 0.29) is 13.2 Å². The van der Waals surface area contributed by atoms with Gasteiger partial charge in [0.2, 0.25) is 5.91 Å². The van der Waals surface area contributed by atoms with Gasteiger partial charge in [-0.3, -0.25) is 4.79 Å². The molecule has 3 amide bonds. The van der Waals surface area contributed by atoms with E-state index in [4.69, 9.17) is 15.3 Å². The Kier molecular flexibility index (Phi) is 7.58. The third-order valence-electron chi connectivity index (χ3n) is 4.72. The SMILES string of the molecule is CCCCCCCCOC(=O)[C@@H](F)ON1C(=O)N2C[C@H]1C=C(C)[C@H]2C(N)=O. The molecule has 9 heteroatoms. The third-order valence-corrected chi connectivity index (χ3v) is 4.72. The first-order chi connectivity index (χ1) is 12.9. The number of hydroxylamine groups is 2. The van der Waals surface area contributed by atoms with Crippen LogP contribution in [0.5, 0.6) is 0 Å². The largest absolute Gasteiger partial charge is 0.462 e. The van der Waals surface area contributed by atoms with E-state index in [2.05, 4.69) is 6.92 Å². The normalized spacial score (nSPS) is 22.6. The average molecular weight is 385 g/mol. The van der Waals surface area contributed by atoms with Crippen LogP contribution in [0.2, 0.25) is 0 Å². The summed E-state index contributed by atoms with van der Waals surface area (Å²) in [6, 6.07) is -2.18. The predicted molar refractivity (Wildman–Crippen MR) is 94.8 cm³/mol. The van der Waals surface area contributed by atoms with E-state index in [1.54, 1.807) is 13.0 Å². The molecule has 2 aliphatic heterocycles. The molecule has 0 aromatic heterocycles. The van der Waals surface area contributed by atoms with Crippen molar-refractivity contribution in [1.82, 2.24) is 9.96 Å². The van der Waals surface area contributed by atoms with Crippen LogP contribution in [-0.2, 0) is 19.2 Å². The molecule has 2 N–H and O–H groups in total. The summed E-state index contributed by atoms with van der Waals surface area (Å²) in [6.07, 6.45) is 5.28. The maximum absolute atomic E-state index is 14.1. The van der Waals surface area contributed by atoms with Gasteiger partial charge in [-0.05, 0) is 18.9 Å². The number of halogens is 1. The minimum atomic E-state index is -2.41. The van der Waals surface area contributed by atoms with Gasteiger partial charge < -0.3 is 15.4 Å². The minimum absolute atomic E-state index is 0.112. The van der Waals surface area contributed by atoms with Gasteiger partial charge in [-0.15, -0.1) is 0 Å². The number of esters is 1. The first-order valence-corrected chi connectivity index (χ1v) is 9.41. The number of urea groups is 1. The van der Waals surface area contributed by atoms with Crippen LogP contribution in [0.25, 0.3) is 0 Å². The molecule has 0 aromatic carbocycles. The van der Waals surface area contributed by atoms with Crippen molar-refractivity contribution >= 4 is 17.9 Å². The molecular weight excluding hydrogens is 357 g/mol. The number of unbranched alkanes of at least 4 members (excludes halogenated alkanes) is 5. The van der Waals surface area contributed by atoms with Crippen molar-refractivity contribution in [3.05, 3.63) is 11.6 Å². The van der Waals surface area contributed by atoms with Crippen molar-refractivity contribution in [1.29, 1.82) is 0 Å². The number of hydrogen-bond donors (Lipinski definition) is 1. The molecule has 1 fully saturated rings. The van der Waals surface area contributed by atoms with E-state index in [0.29, 0.717) is 12.0 Å². The quantitative estimate of drug-likeness (QED) is 0.333. The van der Waals surface area contributed by atoms with Crippen LogP contribution in [0, 0.1) is 0 Å². The topological polar surface area (TPSA) is 102 Å². The van der Waals surface area contributed by atoms with Crippen LogP contribution < -0.4 is 5.73 Å². The van der Waals surface area contributed by atoms with Gasteiger partial charge in [0, 0.05) is 0 Å². The monoisotopic (exact) mass is 385 g/mol. The third kappa shape index (κ3) is 5.18. The zero-order valence-electron chi connectivity index (χ0n) is 15.9. The Labute approximate surface area is 158 Å². The van der Waals surface area contributed by atoms with Crippen molar-refractivity contribution in [3.63, 3.8) is 0 Å². The second-order valence-electron chi connectivity index (χ2n) is 6.90. The van der Waals surface area contributed by atoms with Gasteiger partial charge in [0.1, 0.15) is 6.04 Å². The molecule has 2 rings (SSSR count). The number of carbonyl (C=O) groups is 3. The number of nitrogens with zero attached hydrogens (tertiary/aromatic N) is 2. The van der Waals surface area contributed by atoms with E-state index in [1.807, 2.05) is 0 Å². The van der Waals surface area contributed by atoms with Crippen molar-refractivity contribution in [3.8, 4) is 0 Å². The first kappa shape index (κ1) is 21.1. The summed E-state index contributed by atoms with van der Waals surface area (Å²) in [6.45, 7) is 4.04. The fourth-order valence-electron chi connectivity index (χ4n) is 3.36. The highest BCUT2D eigenvalue weighted by molar-refractivity contribution is 5.90. The van der Waals surface area contributed by atoms with Crippen LogP contribution in [0.15, 0.2) is 11.6 Å². The van der Waals surface area contributed by atoms with Gasteiger partial charge in [-0.25, -0.2) is 18.8 Å². The van der Waals surface area contributed by atoms with Gasteiger partial charge in [0.05, 0.1) is 19.2 Å². The van der Waals surface area contributed by atoms with Crippen LogP contribution in [-0.4, -0.2) is 59.5 Å². The van der Waals surface area contributed by atoms with Gasteiger partial charge in [-0.1, -0.05) is 45.1 Å². The minimum Gasteiger partial charge on any atom is -0.462 e. The van der Waals surface area contributed by atoms with E-state index < -0.39 is 36.3 Å². The van der Waals surface area contributed by atoms with Crippen molar-refractivity contribution in [2.45, 2.75) is 70.8 Å². The van der Waals surface area contributed by atoms with Crippen LogP contribution in [0.3, 0.4) is 0 Å². The molecule has 3 atom stereocenters. The summed E-state index contributed by atoms with van der Waals surface area (Å²) >= 11 is 0. The number of hydrogen-bond acceptors (Lipinski definition) is 5. The highest BCUT2D eigenvalue weighted by Crippen LogP contribution is 2.30. The van der Waals surface area contributed by atoms with E-state index in [0.717, 1.165) is 30.7 Å². The molecule has 8 nitrogen and oxygen atoms in total. The number of primary amides is 1. The molecule has 0 unspecified atom stereocenters. The molecule has 27 heavy (non-hydrogen) atoms. The standard InChI is InChI=1S/C18H28FN3O5/c1-3-4-5-6-7-8-9-26-17(24)15(19)27-22-13-10-12(2)14(16(20)23)21(11-13)18(22)25/h10,13-15H,3-9,11H2,1-2H3,(H2,20,23)/t13-,14+,15+/m1/s1. The summed E-state index contributed by atoms with van der Waals surface area (Å²) in [4.78, 5) is 41.7. The Morgan fingerprint density at radius 2 is 1.96 bits per heavy atom. The molecule has 2 aliphatic rings. The van der Waals surface area contributed by atoms with Gasteiger partial charge in [0.15, 0.2) is 0 Å². The lowest BCUT2D eigenvalue weighted by atomic mass is 10.0. The van der Waals surface area contributed by atoms with Crippen LogP contribution >= 0.6 is 0 Å². The van der Waals surface area contributed by atoms with Crippen molar-refractivity contribution in [2.24, 2.45) is 5.73 Å². The molecule has 152 valence electrons. The molecule has 0 aliphatic carbocycles. The van der Waals surface area contributed by atoms with Gasteiger partial charge in [0.25, 0.3) is 0 Å². The Morgan fingerprint density at radius 3 is 2.63 bits per heavy atom.